The number of nitroso groups, excluding NO2 is 1. The van der Waals surface area contributed by atoms with Crippen molar-refractivity contribution in [3.63, 3.8) is 0 Å². The van der Waals surface area contributed by atoms with Crippen LogP contribution in [-0.4, -0.2) is 66.0 Å². The Morgan fingerprint density at radius 2 is 2.14 bits per heavy atom. The van der Waals surface area contributed by atoms with Crippen molar-refractivity contribution in [3.05, 3.63) is 30.5 Å². The van der Waals surface area contributed by atoms with Crippen molar-refractivity contribution < 1.29 is 19.5 Å². The molecule has 0 spiro atoms. The summed E-state index contributed by atoms with van der Waals surface area (Å²) in [5.74, 6) is -1.49. The number of anilines is 1. The Labute approximate surface area is 222 Å². The maximum absolute atomic E-state index is 12.9. The number of aliphatic carboxylic acids is 1. The standard InChI is InChI=1S/C16H15ClN8O5S5/c17-10-6(21-15(19)35-10)7(24-30)11(26)20-8-12(27)25-9(14(28)29)4(1-32-13(8)25)33-16-23-22-5(34-16)2-31-3-18/h7-8,13H,1-3,18H2,(H2,19,21)(H,20,26)(H,28,29). The van der Waals surface area contributed by atoms with Crippen LogP contribution in [0.2, 0.25) is 4.34 Å². The minimum absolute atomic E-state index is 0.0371. The van der Waals surface area contributed by atoms with Gasteiger partial charge in [-0.3, -0.25) is 14.5 Å². The Morgan fingerprint density at radius 1 is 1.37 bits per heavy atom. The third kappa shape index (κ3) is 5.27. The second kappa shape index (κ2) is 11.0. The number of amides is 2. The number of thioether (sulfide) groups is 3. The Kier molecular flexibility index (Phi) is 8.19. The average Bonchev–Trinajstić information content (AvgIpc) is 3.41. The predicted octanol–water partition coefficient (Wildman–Crippen LogP) is 1.68. The smallest absolute Gasteiger partial charge is 0.353 e. The van der Waals surface area contributed by atoms with Gasteiger partial charge in [0.1, 0.15) is 32.2 Å². The zero-order valence-corrected chi connectivity index (χ0v) is 22.1. The number of nitrogens with zero attached hydrogens (tertiary/aromatic N) is 5. The zero-order chi connectivity index (χ0) is 25.3. The molecule has 3 atom stereocenters. The molecule has 2 aromatic heterocycles. The molecule has 35 heavy (non-hydrogen) atoms. The SMILES string of the molecule is NCSCc1nnc(SC2=C(C(=O)O)N3C(=O)C(NC(=O)C(N=O)c4nc(N)sc4Cl)C3SC2)s1. The van der Waals surface area contributed by atoms with E-state index < -0.39 is 35.2 Å². The lowest BCUT2D eigenvalue weighted by Gasteiger charge is -2.49. The van der Waals surface area contributed by atoms with Crippen molar-refractivity contribution in [1.29, 1.82) is 0 Å². The monoisotopic (exact) mass is 594 g/mol. The second-order valence-electron chi connectivity index (χ2n) is 6.77. The van der Waals surface area contributed by atoms with E-state index >= 15 is 0 Å². The molecule has 0 radical (unpaired) electrons. The van der Waals surface area contributed by atoms with Crippen molar-refractivity contribution in [2.45, 2.75) is 27.6 Å². The van der Waals surface area contributed by atoms with Crippen LogP contribution in [-0.2, 0) is 20.1 Å². The first kappa shape index (κ1) is 26.1. The van der Waals surface area contributed by atoms with E-state index in [0.29, 0.717) is 20.9 Å². The highest BCUT2D eigenvalue weighted by Crippen LogP contribution is 2.46. The fourth-order valence-corrected chi connectivity index (χ4v) is 8.35. The molecule has 2 aromatic rings. The molecule has 2 amide bonds. The highest BCUT2D eigenvalue weighted by Gasteiger charge is 2.55. The molecule has 4 rings (SSSR count). The molecule has 13 nitrogen and oxygen atoms in total. The Morgan fingerprint density at radius 3 is 2.77 bits per heavy atom. The number of hydrogen-bond acceptors (Lipinski definition) is 15. The minimum Gasteiger partial charge on any atom is -0.477 e. The van der Waals surface area contributed by atoms with Crippen molar-refractivity contribution in [2.24, 2.45) is 10.9 Å². The lowest BCUT2D eigenvalue weighted by atomic mass is 10.0. The highest BCUT2D eigenvalue weighted by molar-refractivity contribution is 8.07. The number of carbonyl (C=O) groups excluding carboxylic acids is 2. The molecule has 2 aliphatic heterocycles. The van der Waals surface area contributed by atoms with Crippen molar-refractivity contribution in [2.75, 3.05) is 17.4 Å². The van der Waals surface area contributed by atoms with Gasteiger partial charge in [-0.1, -0.05) is 46.0 Å². The normalized spacial score (nSPS) is 20.3. The lowest BCUT2D eigenvalue weighted by Crippen LogP contribution is -2.70. The summed E-state index contributed by atoms with van der Waals surface area (Å²) >= 11 is 12.1. The van der Waals surface area contributed by atoms with Gasteiger partial charge in [-0.25, -0.2) is 9.78 Å². The summed E-state index contributed by atoms with van der Waals surface area (Å²) in [6.45, 7) is 0. The molecule has 6 N–H and O–H groups in total. The predicted molar refractivity (Wildman–Crippen MR) is 136 cm³/mol. The summed E-state index contributed by atoms with van der Waals surface area (Å²) in [5.41, 5.74) is 10.8. The summed E-state index contributed by atoms with van der Waals surface area (Å²) in [4.78, 5) is 54.3. The second-order valence-corrected chi connectivity index (χ2v) is 12.9. The molecule has 0 aromatic carbocycles. The Hall–Kier alpha value is -1.96. The lowest BCUT2D eigenvalue weighted by molar-refractivity contribution is -0.150. The van der Waals surface area contributed by atoms with Crippen LogP contribution in [0.15, 0.2) is 20.1 Å². The minimum atomic E-state index is -1.60. The van der Waals surface area contributed by atoms with Crippen LogP contribution < -0.4 is 16.8 Å². The number of aromatic nitrogens is 3. The van der Waals surface area contributed by atoms with Crippen molar-refractivity contribution >= 4 is 92.5 Å². The maximum Gasteiger partial charge on any atom is 0.353 e. The number of nitrogens with one attached hydrogen (secondary N) is 1. The molecule has 3 unspecified atom stereocenters. The number of carboxylic acid groups (broad SMARTS) is 1. The number of thiazole rings is 1. The largest absolute Gasteiger partial charge is 0.477 e. The van der Waals surface area contributed by atoms with Gasteiger partial charge in [0, 0.05) is 22.3 Å². The molecule has 1 saturated heterocycles. The summed E-state index contributed by atoms with van der Waals surface area (Å²) in [5, 5.41) is 23.3. The van der Waals surface area contributed by atoms with E-state index in [4.69, 9.17) is 23.1 Å². The number of nitrogen functional groups attached to an aromatic ring is 1. The number of carbonyl (C=O) groups is 3. The summed E-state index contributed by atoms with van der Waals surface area (Å²) in [7, 11) is 0. The molecular formula is C16H15ClN8O5S5. The van der Waals surface area contributed by atoms with Crippen LogP contribution in [0.25, 0.3) is 0 Å². The summed E-state index contributed by atoms with van der Waals surface area (Å²) in [6.07, 6.45) is 0. The van der Waals surface area contributed by atoms with E-state index in [2.05, 4.69) is 25.7 Å². The molecule has 4 heterocycles. The van der Waals surface area contributed by atoms with Gasteiger partial charge in [0.2, 0.25) is 6.04 Å². The van der Waals surface area contributed by atoms with Crippen LogP contribution >= 0.6 is 69.6 Å². The van der Waals surface area contributed by atoms with Crippen molar-refractivity contribution in [3.8, 4) is 0 Å². The number of carboxylic acids is 1. The van der Waals surface area contributed by atoms with E-state index in [1.54, 1.807) is 0 Å². The Bertz CT molecular complexity index is 1220. The maximum atomic E-state index is 12.9. The number of rotatable bonds is 10. The number of hydrogen-bond donors (Lipinski definition) is 4. The fourth-order valence-electron chi connectivity index (χ4n) is 3.21. The van der Waals surface area contributed by atoms with E-state index in [0.717, 1.165) is 33.0 Å². The third-order valence-corrected chi connectivity index (χ3v) is 10.2. The van der Waals surface area contributed by atoms with Gasteiger partial charge >= 0.3 is 5.97 Å². The van der Waals surface area contributed by atoms with Gasteiger partial charge in [0.05, 0.1) is 0 Å². The van der Waals surface area contributed by atoms with Gasteiger partial charge in [-0.2, -0.15) is 0 Å². The number of β-lactam (4-membered cyclic amide) rings is 1. The molecule has 0 aliphatic carbocycles. The molecule has 0 saturated carbocycles. The van der Waals surface area contributed by atoms with Gasteiger partial charge in [0.15, 0.2) is 9.47 Å². The average molecular weight is 595 g/mol. The Balaban J connectivity index is 1.49. The third-order valence-electron chi connectivity index (χ3n) is 4.67. The van der Waals surface area contributed by atoms with E-state index in [1.165, 1.54) is 34.9 Å². The molecule has 0 bridgehead atoms. The zero-order valence-electron chi connectivity index (χ0n) is 17.2. The quantitative estimate of drug-likeness (QED) is 0.175. The molecular weight excluding hydrogens is 580 g/mol. The van der Waals surface area contributed by atoms with E-state index in [-0.39, 0.29) is 26.6 Å². The first-order chi connectivity index (χ1) is 16.7. The number of halogens is 1. The van der Waals surface area contributed by atoms with Crippen LogP contribution in [0.3, 0.4) is 0 Å². The number of nitrogens with two attached hydrogens (primary N) is 2. The fraction of sp³-hybridized carbons (Fsp3) is 0.375. The molecule has 186 valence electrons. The summed E-state index contributed by atoms with van der Waals surface area (Å²) in [6, 6.07) is -2.65. The van der Waals surface area contributed by atoms with E-state index in [9.17, 15) is 24.4 Å². The molecule has 2 aliphatic rings. The highest BCUT2D eigenvalue weighted by atomic mass is 35.5. The topological polar surface area (TPSA) is 207 Å². The van der Waals surface area contributed by atoms with Crippen LogP contribution in [0, 0.1) is 4.91 Å². The first-order valence-corrected chi connectivity index (χ1v) is 14.5. The first-order valence-electron chi connectivity index (χ1n) is 9.48. The molecule has 19 heteroatoms. The van der Waals surface area contributed by atoms with Crippen LogP contribution in [0.5, 0.6) is 0 Å². The molecule has 1 fully saturated rings. The van der Waals surface area contributed by atoms with Gasteiger partial charge in [0.25, 0.3) is 11.8 Å². The van der Waals surface area contributed by atoms with E-state index in [1.807, 2.05) is 0 Å². The van der Waals surface area contributed by atoms with Crippen LogP contribution in [0.1, 0.15) is 16.7 Å². The van der Waals surface area contributed by atoms with Gasteiger partial charge in [-0.15, -0.1) is 38.6 Å². The van der Waals surface area contributed by atoms with Crippen molar-refractivity contribution in [1.82, 2.24) is 25.4 Å². The van der Waals surface area contributed by atoms with Gasteiger partial charge < -0.3 is 21.9 Å². The summed E-state index contributed by atoms with van der Waals surface area (Å²) < 4.78 is 0.581. The van der Waals surface area contributed by atoms with Gasteiger partial charge in [-0.05, 0) is 5.18 Å². The van der Waals surface area contributed by atoms with Crippen LogP contribution in [0.4, 0.5) is 5.13 Å². The number of fused-ring (bicyclic) bond motifs is 1.